The van der Waals surface area contributed by atoms with Gasteiger partial charge in [0, 0.05) is 24.3 Å². The van der Waals surface area contributed by atoms with E-state index in [2.05, 4.69) is 28.0 Å². The van der Waals surface area contributed by atoms with Gasteiger partial charge in [0.1, 0.15) is 11.6 Å². The predicted octanol–water partition coefficient (Wildman–Crippen LogP) is 5.72. The Morgan fingerprint density at radius 2 is 1.61 bits per heavy atom. The molecule has 0 bridgehead atoms. The van der Waals surface area contributed by atoms with Crippen molar-refractivity contribution in [3.8, 4) is 11.3 Å². The first-order valence-electron chi connectivity index (χ1n) is 9.10. The maximum atomic E-state index is 13.9. The van der Waals surface area contributed by atoms with Crippen LogP contribution in [-0.4, -0.2) is 24.8 Å². The summed E-state index contributed by atoms with van der Waals surface area (Å²) in [5.74, 6) is -1.11. The zero-order chi connectivity index (χ0) is 20.5. The Kier molecular flexibility index (Phi) is 8.54. The highest BCUT2D eigenvalue weighted by Gasteiger charge is 2.14. The van der Waals surface area contributed by atoms with E-state index in [1.165, 1.54) is 23.8 Å². The second-order valence-electron chi connectivity index (χ2n) is 6.34. The molecule has 0 unspecified atom stereocenters. The zero-order valence-corrected chi connectivity index (χ0v) is 17.5. The van der Waals surface area contributed by atoms with Crippen LogP contribution in [0.5, 0.6) is 0 Å². The first kappa shape index (κ1) is 22.0. The number of aromatic amines is 1. The molecule has 3 rings (SSSR count). The van der Waals surface area contributed by atoms with Crippen molar-refractivity contribution in [1.82, 2.24) is 9.71 Å². The van der Waals surface area contributed by atoms with Gasteiger partial charge in [0.25, 0.3) is 0 Å². The molecule has 3 aromatic rings. The molecule has 0 saturated heterocycles. The van der Waals surface area contributed by atoms with E-state index in [9.17, 15) is 8.78 Å². The van der Waals surface area contributed by atoms with Crippen molar-refractivity contribution in [2.45, 2.75) is 20.3 Å². The Hall–Kier alpha value is -2.31. The van der Waals surface area contributed by atoms with Crippen molar-refractivity contribution in [2.24, 2.45) is 0 Å². The van der Waals surface area contributed by atoms with Crippen molar-refractivity contribution in [3.63, 3.8) is 0 Å². The van der Waals surface area contributed by atoms with Crippen LogP contribution in [0.4, 0.5) is 14.5 Å². The molecule has 0 radical (unpaired) electrons. The van der Waals surface area contributed by atoms with Gasteiger partial charge in [-0.15, -0.1) is 0 Å². The monoisotopic (exact) mass is 403 g/mol. The standard InChI is InChI=1S/C20H20F2N2.C2H7NS/c1-13-6-3-4-9-17(13)23-11-10-18-14(2)12-19(24-18)20-15(21)7-5-8-16(20)22;1-3-4-2/h3-9,12,23-24H,10-11H2,1-2H3;3H,1-2H3. The van der Waals surface area contributed by atoms with Crippen LogP contribution in [0.3, 0.4) is 0 Å². The number of benzene rings is 2. The van der Waals surface area contributed by atoms with Crippen molar-refractivity contribution >= 4 is 17.6 Å². The maximum absolute atomic E-state index is 13.9. The minimum absolute atomic E-state index is 0.00119. The maximum Gasteiger partial charge on any atom is 0.135 e. The van der Waals surface area contributed by atoms with Crippen LogP contribution in [-0.2, 0) is 6.42 Å². The summed E-state index contributed by atoms with van der Waals surface area (Å²) in [6.07, 6.45) is 2.73. The van der Waals surface area contributed by atoms with Gasteiger partial charge < -0.3 is 10.3 Å². The number of anilines is 1. The van der Waals surface area contributed by atoms with Crippen LogP contribution < -0.4 is 10.0 Å². The van der Waals surface area contributed by atoms with Gasteiger partial charge >= 0.3 is 0 Å². The number of H-pyrrole nitrogens is 1. The van der Waals surface area contributed by atoms with E-state index in [0.29, 0.717) is 5.69 Å². The van der Waals surface area contributed by atoms with Gasteiger partial charge in [-0.3, -0.25) is 4.72 Å². The van der Waals surface area contributed by atoms with E-state index in [1.54, 1.807) is 18.0 Å². The highest BCUT2D eigenvalue weighted by Crippen LogP contribution is 2.27. The van der Waals surface area contributed by atoms with Gasteiger partial charge in [-0.2, -0.15) is 0 Å². The normalized spacial score (nSPS) is 10.4. The van der Waals surface area contributed by atoms with Crippen LogP contribution in [0.15, 0.2) is 48.5 Å². The molecule has 28 heavy (non-hydrogen) atoms. The molecule has 1 aromatic heterocycles. The minimum Gasteiger partial charge on any atom is -0.384 e. The molecule has 150 valence electrons. The quantitative estimate of drug-likeness (QED) is 0.461. The largest absolute Gasteiger partial charge is 0.384 e. The highest BCUT2D eigenvalue weighted by molar-refractivity contribution is 7.96. The SMILES string of the molecule is CNSC.Cc1ccccc1NCCc1[nH]c(-c2c(F)cccc2F)cc1C. The fourth-order valence-electron chi connectivity index (χ4n) is 2.84. The zero-order valence-electron chi connectivity index (χ0n) is 16.7. The van der Waals surface area contributed by atoms with Gasteiger partial charge in [-0.05, 0) is 62.5 Å². The first-order chi connectivity index (χ1) is 13.5. The summed E-state index contributed by atoms with van der Waals surface area (Å²) in [7, 11) is 1.89. The molecule has 3 nitrogen and oxygen atoms in total. The summed E-state index contributed by atoms with van der Waals surface area (Å²) < 4.78 is 30.7. The van der Waals surface area contributed by atoms with E-state index < -0.39 is 11.6 Å². The molecule has 0 aliphatic heterocycles. The fourth-order valence-corrected chi connectivity index (χ4v) is 2.84. The number of halogens is 2. The summed E-state index contributed by atoms with van der Waals surface area (Å²) in [5.41, 5.74) is 4.75. The number of para-hydroxylation sites is 1. The number of aryl methyl sites for hydroxylation is 2. The Labute approximate surface area is 170 Å². The van der Waals surface area contributed by atoms with E-state index >= 15 is 0 Å². The van der Waals surface area contributed by atoms with Gasteiger partial charge in [-0.1, -0.05) is 36.2 Å². The molecule has 1 heterocycles. The number of hydrogen-bond donors (Lipinski definition) is 3. The second kappa shape index (κ2) is 10.9. The smallest absolute Gasteiger partial charge is 0.135 e. The summed E-state index contributed by atoms with van der Waals surface area (Å²) >= 11 is 1.61. The molecule has 0 fully saturated rings. The van der Waals surface area contributed by atoms with Crippen molar-refractivity contribution < 1.29 is 8.78 Å². The molecular formula is C22H27F2N3S. The fraction of sp³-hybridized carbons (Fsp3) is 0.273. The van der Waals surface area contributed by atoms with Crippen LogP contribution in [0.1, 0.15) is 16.8 Å². The summed E-state index contributed by atoms with van der Waals surface area (Å²) in [5, 5.41) is 3.39. The van der Waals surface area contributed by atoms with Crippen LogP contribution in [0.2, 0.25) is 0 Å². The Morgan fingerprint density at radius 1 is 0.964 bits per heavy atom. The van der Waals surface area contributed by atoms with Crippen molar-refractivity contribution in [3.05, 3.63) is 77.0 Å². The Bertz CT molecular complexity index is 871. The number of hydrogen-bond acceptors (Lipinski definition) is 3. The molecule has 0 amide bonds. The lowest BCUT2D eigenvalue weighted by Gasteiger charge is -2.09. The topological polar surface area (TPSA) is 39.8 Å². The van der Waals surface area contributed by atoms with Gasteiger partial charge in [0.05, 0.1) is 11.3 Å². The van der Waals surface area contributed by atoms with E-state index in [0.717, 1.165) is 29.9 Å². The molecule has 0 atom stereocenters. The van der Waals surface area contributed by atoms with Crippen LogP contribution in [0, 0.1) is 25.5 Å². The summed E-state index contributed by atoms with van der Waals surface area (Å²) in [6, 6.07) is 13.8. The Balaban J connectivity index is 0.000000640. The molecule has 0 aliphatic carbocycles. The molecule has 3 N–H and O–H groups in total. The molecular weight excluding hydrogens is 376 g/mol. The summed E-state index contributed by atoms with van der Waals surface area (Å²) in [4.78, 5) is 3.16. The number of nitrogens with one attached hydrogen (secondary N) is 3. The van der Waals surface area contributed by atoms with Crippen LogP contribution in [0.25, 0.3) is 11.3 Å². The Morgan fingerprint density at radius 3 is 2.21 bits per heavy atom. The lowest BCUT2D eigenvalue weighted by Crippen LogP contribution is -2.06. The minimum atomic E-state index is -0.555. The predicted molar refractivity (Wildman–Crippen MR) is 117 cm³/mol. The lowest BCUT2D eigenvalue weighted by atomic mass is 10.1. The van der Waals surface area contributed by atoms with Crippen LogP contribution >= 0.6 is 11.9 Å². The molecule has 0 saturated carbocycles. The van der Waals surface area contributed by atoms with E-state index in [4.69, 9.17) is 0 Å². The second-order valence-corrected chi connectivity index (χ2v) is 7.16. The van der Waals surface area contributed by atoms with Gasteiger partial charge in [-0.25, -0.2) is 8.78 Å². The first-order valence-corrected chi connectivity index (χ1v) is 10.3. The van der Waals surface area contributed by atoms with Gasteiger partial charge in [0.15, 0.2) is 0 Å². The lowest BCUT2D eigenvalue weighted by molar-refractivity contribution is 0.589. The molecule has 2 aromatic carbocycles. The molecule has 6 heteroatoms. The highest BCUT2D eigenvalue weighted by atomic mass is 32.2. The average Bonchev–Trinajstić information content (AvgIpc) is 3.03. The van der Waals surface area contributed by atoms with Crippen molar-refractivity contribution in [2.75, 3.05) is 25.2 Å². The average molecular weight is 404 g/mol. The van der Waals surface area contributed by atoms with E-state index in [-0.39, 0.29) is 5.56 Å². The van der Waals surface area contributed by atoms with Crippen molar-refractivity contribution in [1.29, 1.82) is 0 Å². The number of aromatic nitrogens is 1. The third-order valence-electron chi connectivity index (χ3n) is 4.39. The third-order valence-corrected chi connectivity index (χ3v) is 4.80. The molecule has 0 spiro atoms. The third kappa shape index (κ3) is 5.84. The molecule has 0 aliphatic rings. The van der Waals surface area contributed by atoms with Gasteiger partial charge in [0.2, 0.25) is 0 Å². The number of rotatable bonds is 6. The van der Waals surface area contributed by atoms with E-state index in [1.807, 2.05) is 38.4 Å². The summed E-state index contributed by atoms with van der Waals surface area (Å²) in [6.45, 7) is 4.74.